The van der Waals surface area contributed by atoms with Crippen LogP contribution < -0.4 is 5.73 Å². The van der Waals surface area contributed by atoms with E-state index in [9.17, 15) is 9.90 Å². The largest absolute Gasteiger partial charge is 0.478 e. The van der Waals surface area contributed by atoms with Gasteiger partial charge in [-0.05, 0) is 30.4 Å². The number of carboxylic acid groups (broad SMARTS) is 1. The Labute approximate surface area is 97.9 Å². The lowest BCUT2D eigenvalue weighted by Gasteiger charge is -2.03. The summed E-state index contributed by atoms with van der Waals surface area (Å²) in [4.78, 5) is 15.5. The molecule has 1 aliphatic rings. The summed E-state index contributed by atoms with van der Waals surface area (Å²) in [5, 5.41) is 9.21. The summed E-state index contributed by atoms with van der Waals surface area (Å²) in [5.41, 5.74) is 8.05. The molecule has 0 aromatic carbocycles. The van der Waals surface area contributed by atoms with Crippen LogP contribution in [0, 0.1) is 0 Å². The number of carbonyl (C=O) groups is 1. The van der Waals surface area contributed by atoms with Crippen molar-refractivity contribution in [3.05, 3.63) is 35.3 Å². The number of aromatic carboxylic acids is 1. The van der Waals surface area contributed by atoms with Crippen molar-refractivity contribution < 1.29 is 9.90 Å². The molecule has 2 heterocycles. The monoisotopic (exact) mass is 231 g/mol. The van der Waals surface area contributed by atoms with E-state index in [1.54, 1.807) is 16.7 Å². The topological polar surface area (TPSA) is 80.6 Å². The fourth-order valence-corrected chi connectivity index (χ4v) is 2.07. The zero-order valence-corrected chi connectivity index (χ0v) is 9.26. The number of hydrogen-bond donors (Lipinski definition) is 2. The van der Waals surface area contributed by atoms with Crippen molar-refractivity contribution >= 4 is 11.6 Å². The molecule has 0 unspecified atom stereocenters. The van der Waals surface area contributed by atoms with Crippen LogP contribution in [0.2, 0.25) is 0 Å². The van der Waals surface area contributed by atoms with Gasteiger partial charge in [-0.2, -0.15) is 0 Å². The molecule has 17 heavy (non-hydrogen) atoms. The molecule has 3 N–H and O–H groups in total. The van der Waals surface area contributed by atoms with E-state index in [0.29, 0.717) is 23.8 Å². The highest BCUT2D eigenvalue weighted by molar-refractivity contribution is 5.94. The Hall–Kier alpha value is -1.88. The van der Waals surface area contributed by atoms with E-state index in [-0.39, 0.29) is 5.56 Å². The molecule has 2 aromatic heterocycles. The van der Waals surface area contributed by atoms with Crippen molar-refractivity contribution in [3.8, 4) is 0 Å². The molecule has 1 fully saturated rings. The smallest absolute Gasteiger partial charge is 0.339 e. The Balaban J connectivity index is 2.25. The molecule has 0 aliphatic heterocycles. The van der Waals surface area contributed by atoms with E-state index >= 15 is 0 Å². The summed E-state index contributed by atoms with van der Waals surface area (Å²) in [6.45, 7) is 0.319. The van der Waals surface area contributed by atoms with Crippen LogP contribution in [-0.2, 0) is 6.54 Å². The van der Waals surface area contributed by atoms with E-state index in [1.807, 2.05) is 6.20 Å². The number of rotatable bonds is 3. The number of nitrogens with zero attached hydrogens (tertiary/aromatic N) is 2. The molecule has 2 aromatic rings. The lowest BCUT2D eigenvalue weighted by molar-refractivity contribution is 0.0698. The standard InChI is InChI=1S/C12H13N3O2/c13-4-9-6-15-5-8(7-1-2-7)3-10(12(16)17)11(15)14-9/h3,5-7H,1-2,4,13H2,(H,16,17). The van der Waals surface area contributed by atoms with Gasteiger partial charge in [-0.1, -0.05) is 0 Å². The second kappa shape index (κ2) is 3.56. The number of pyridine rings is 1. The minimum Gasteiger partial charge on any atom is -0.478 e. The van der Waals surface area contributed by atoms with Crippen molar-refractivity contribution in [3.63, 3.8) is 0 Å². The Kier molecular flexibility index (Phi) is 2.16. The third-order valence-corrected chi connectivity index (χ3v) is 3.11. The Bertz CT molecular complexity index is 599. The highest BCUT2D eigenvalue weighted by Gasteiger charge is 2.26. The minimum absolute atomic E-state index is 0.258. The molecule has 1 saturated carbocycles. The zero-order chi connectivity index (χ0) is 12.0. The number of hydrogen-bond acceptors (Lipinski definition) is 3. The first-order valence-electron chi connectivity index (χ1n) is 5.64. The van der Waals surface area contributed by atoms with Gasteiger partial charge >= 0.3 is 5.97 Å². The third-order valence-electron chi connectivity index (χ3n) is 3.11. The van der Waals surface area contributed by atoms with Gasteiger partial charge in [0.2, 0.25) is 0 Å². The number of aromatic nitrogens is 2. The van der Waals surface area contributed by atoms with E-state index in [2.05, 4.69) is 4.98 Å². The molecule has 0 bridgehead atoms. The summed E-state index contributed by atoms with van der Waals surface area (Å²) in [6, 6.07) is 1.74. The van der Waals surface area contributed by atoms with Crippen LogP contribution in [0.3, 0.4) is 0 Å². The molecule has 0 radical (unpaired) electrons. The van der Waals surface area contributed by atoms with E-state index in [1.165, 1.54) is 0 Å². The van der Waals surface area contributed by atoms with Gasteiger partial charge in [-0.3, -0.25) is 0 Å². The molecular formula is C12H13N3O2. The minimum atomic E-state index is -0.938. The average Bonchev–Trinajstić information content (AvgIpc) is 3.07. The first-order valence-corrected chi connectivity index (χ1v) is 5.64. The van der Waals surface area contributed by atoms with Crippen LogP contribution in [0.1, 0.15) is 40.4 Å². The van der Waals surface area contributed by atoms with E-state index in [0.717, 1.165) is 18.4 Å². The summed E-state index contributed by atoms with van der Waals surface area (Å²) in [7, 11) is 0. The van der Waals surface area contributed by atoms with Crippen molar-refractivity contribution in [1.29, 1.82) is 0 Å². The molecule has 0 spiro atoms. The van der Waals surface area contributed by atoms with Gasteiger partial charge in [-0.15, -0.1) is 0 Å². The number of imidazole rings is 1. The highest BCUT2D eigenvalue weighted by atomic mass is 16.4. The summed E-state index contributed by atoms with van der Waals surface area (Å²) < 4.78 is 1.78. The van der Waals surface area contributed by atoms with Gasteiger partial charge in [-0.25, -0.2) is 9.78 Å². The van der Waals surface area contributed by atoms with Crippen LogP contribution in [0.4, 0.5) is 0 Å². The van der Waals surface area contributed by atoms with Crippen molar-refractivity contribution in [2.45, 2.75) is 25.3 Å². The molecular weight excluding hydrogens is 218 g/mol. The molecule has 0 saturated heterocycles. The second-order valence-electron chi connectivity index (χ2n) is 4.43. The van der Waals surface area contributed by atoms with E-state index in [4.69, 9.17) is 5.73 Å². The maximum atomic E-state index is 11.2. The van der Waals surface area contributed by atoms with Crippen LogP contribution in [-0.4, -0.2) is 20.5 Å². The molecule has 1 aliphatic carbocycles. The second-order valence-corrected chi connectivity index (χ2v) is 4.43. The fourth-order valence-electron chi connectivity index (χ4n) is 2.07. The average molecular weight is 231 g/mol. The first-order chi connectivity index (χ1) is 8.19. The van der Waals surface area contributed by atoms with E-state index < -0.39 is 5.97 Å². The molecule has 0 amide bonds. The number of carboxylic acids is 1. The third kappa shape index (κ3) is 1.68. The predicted molar refractivity (Wildman–Crippen MR) is 62.0 cm³/mol. The number of fused-ring (bicyclic) bond motifs is 1. The lowest BCUT2D eigenvalue weighted by atomic mass is 10.1. The van der Waals surface area contributed by atoms with Crippen molar-refractivity contribution in [2.24, 2.45) is 5.73 Å². The van der Waals surface area contributed by atoms with Crippen LogP contribution in [0.5, 0.6) is 0 Å². The van der Waals surface area contributed by atoms with Crippen LogP contribution in [0.25, 0.3) is 5.65 Å². The normalized spacial score (nSPS) is 15.4. The maximum absolute atomic E-state index is 11.2. The first kappa shape index (κ1) is 10.3. The van der Waals surface area contributed by atoms with Gasteiger partial charge in [0.25, 0.3) is 0 Å². The SMILES string of the molecule is NCc1cn2cc(C3CC3)cc(C(=O)O)c2n1. The molecule has 5 nitrogen and oxygen atoms in total. The van der Waals surface area contributed by atoms with Gasteiger partial charge in [0, 0.05) is 18.9 Å². The lowest BCUT2D eigenvalue weighted by Crippen LogP contribution is -2.02. The maximum Gasteiger partial charge on any atom is 0.339 e. The number of nitrogens with two attached hydrogens (primary N) is 1. The Morgan fingerprint density at radius 3 is 2.88 bits per heavy atom. The summed E-state index contributed by atoms with van der Waals surface area (Å²) in [6.07, 6.45) is 6.05. The predicted octanol–water partition coefficient (Wildman–Crippen LogP) is 1.37. The quantitative estimate of drug-likeness (QED) is 0.836. The Morgan fingerprint density at radius 2 is 2.29 bits per heavy atom. The van der Waals surface area contributed by atoms with Gasteiger partial charge in [0.15, 0.2) is 5.65 Å². The van der Waals surface area contributed by atoms with Crippen molar-refractivity contribution in [1.82, 2.24) is 9.38 Å². The van der Waals surface area contributed by atoms with Crippen molar-refractivity contribution in [2.75, 3.05) is 0 Å². The molecule has 0 atom stereocenters. The van der Waals surface area contributed by atoms with Crippen LogP contribution in [0.15, 0.2) is 18.5 Å². The van der Waals surface area contributed by atoms with Crippen LogP contribution >= 0.6 is 0 Å². The van der Waals surface area contributed by atoms with Gasteiger partial charge < -0.3 is 15.2 Å². The summed E-state index contributed by atoms with van der Waals surface area (Å²) in [5.74, 6) is -0.423. The zero-order valence-electron chi connectivity index (χ0n) is 9.26. The summed E-state index contributed by atoms with van der Waals surface area (Å²) >= 11 is 0. The Morgan fingerprint density at radius 1 is 1.53 bits per heavy atom. The van der Waals surface area contributed by atoms with Gasteiger partial charge in [0.05, 0.1) is 5.69 Å². The molecule has 88 valence electrons. The van der Waals surface area contributed by atoms with Gasteiger partial charge in [0.1, 0.15) is 5.56 Å². The highest BCUT2D eigenvalue weighted by Crippen LogP contribution is 2.40. The molecule has 3 rings (SSSR count). The fraction of sp³-hybridized carbons (Fsp3) is 0.333. The molecule has 5 heteroatoms.